The monoisotopic (exact) mass is 415 g/mol. The van der Waals surface area contributed by atoms with E-state index in [1.165, 1.54) is 38.8 Å². The van der Waals surface area contributed by atoms with Crippen LogP contribution >= 0.6 is 12.4 Å². The standard InChI is InChI=1S/C25H33NO2.ClH/c1-2-28-24-14-12-23(13-15-24)25(27,22-6-4-3-5-7-22)16-17-26-18-20-8-9-21(19-26)11-10-20;/h3-7,12-15,20-21,27H,2,8-11,16-19H2,1H3;1H. The van der Waals surface area contributed by atoms with Gasteiger partial charge in [0, 0.05) is 19.6 Å². The number of nitrogens with zero attached hydrogens (tertiary/aromatic N) is 1. The summed E-state index contributed by atoms with van der Waals surface area (Å²) < 4.78 is 5.59. The van der Waals surface area contributed by atoms with Crippen LogP contribution in [0.4, 0.5) is 0 Å². The highest BCUT2D eigenvalue weighted by Gasteiger charge is 2.34. The molecule has 1 saturated carbocycles. The second-order valence-electron chi connectivity index (χ2n) is 8.58. The van der Waals surface area contributed by atoms with Gasteiger partial charge in [0.1, 0.15) is 11.4 Å². The van der Waals surface area contributed by atoms with Crippen LogP contribution in [0.3, 0.4) is 0 Å². The molecule has 1 atom stereocenters. The molecule has 2 aromatic rings. The summed E-state index contributed by atoms with van der Waals surface area (Å²) in [7, 11) is 0. The summed E-state index contributed by atoms with van der Waals surface area (Å²) in [4.78, 5) is 2.61. The predicted octanol–water partition coefficient (Wildman–Crippen LogP) is 5.26. The van der Waals surface area contributed by atoms with Gasteiger partial charge in [-0.05, 0) is 74.1 Å². The molecule has 2 heterocycles. The Kier molecular flexibility index (Phi) is 7.61. The Morgan fingerprint density at radius 1 is 0.897 bits per heavy atom. The van der Waals surface area contributed by atoms with E-state index in [0.717, 1.165) is 35.3 Å². The SMILES string of the molecule is CCOc1ccc(C(O)(CCN2CC3CCC(CC3)C2)c2ccccc2)cc1.Cl. The molecule has 3 nitrogen and oxygen atoms in total. The summed E-state index contributed by atoms with van der Waals surface area (Å²) in [6, 6.07) is 18.1. The van der Waals surface area contributed by atoms with Gasteiger partial charge in [0.15, 0.2) is 0 Å². The van der Waals surface area contributed by atoms with E-state index in [-0.39, 0.29) is 12.4 Å². The van der Waals surface area contributed by atoms with E-state index in [4.69, 9.17) is 4.74 Å². The highest BCUT2D eigenvalue weighted by Crippen LogP contribution is 2.37. The molecule has 3 aliphatic rings. The smallest absolute Gasteiger partial charge is 0.119 e. The van der Waals surface area contributed by atoms with E-state index in [1.807, 2.05) is 61.5 Å². The molecule has 2 aromatic carbocycles. The molecule has 1 aliphatic carbocycles. The third-order valence-electron chi connectivity index (χ3n) is 6.68. The Hall–Kier alpha value is -1.55. The van der Waals surface area contributed by atoms with Crippen molar-refractivity contribution in [3.63, 3.8) is 0 Å². The van der Waals surface area contributed by atoms with Crippen molar-refractivity contribution < 1.29 is 9.84 Å². The minimum absolute atomic E-state index is 0. The maximum Gasteiger partial charge on any atom is 0.119 e. The van der Waals surface area contributed by atoms with Gasteiger partial charge in [0.05, 0.1) is 6.61 Å². The Balaban J connectivity index is 0.00000240. The van der Waals surface area contributed by atoms with Crippen molar-refractivity contribution in [3.8, 4) is 5.75 Å². The number of hydrogen-bond acceptors (Lipinski definition) is 3. The lowest BCUT2D eigenvalue weighted by molar-refractivity contribution is 0.0558. The molecule has 2 aliphatic heterocycles. The van der Waals surface area contributed by atoms with Gasteiger partial charge in [-0.3, -0.25) is 0 Å². The maximum atomic E-state index is 11.9. The second-order valence-corrected chi connectivity index (χ2v) is 8.58. The Morgan fingerprint density at radius 2 is 1.45 bits per heavy atom. The zero-order chi connectivity index (χ0) is 19.4. The molecule has 3 fully saturated rings. The van der Waals surface area contributed by atoms with Gasteiger partial charge in [0.2, 0.25) is 0 Å². The molecule has 5 rings (SSSR count). The lowest BCUT2D eigenvalue weighted by Gasteiger charge is -2.33. The van der Waals surface area contributed by atoms with Crippen molar-refractivity contribution in [2.75, 3.05) is 26.2 Å². The number of aliphatic hydroxyl groups is 1. The molecule has 2 bridgehead atoms. The van der Waals surface area contributed by atoms with Gasteiger partial charge < -0.3 is 14.7 Å². The van der Waals surface area contributed by atoms with Crippen LogP contribution in [0.1, 0.15) is 50.2 Å². The Bertz CT molecular complexity index is 729. The van der Waals surface area contributed by atoms with Crippen LogP contribution in [0.25, 0.3) is 0 Å². The van der Waals surface area contributed by atoms with E-state index in [1.54, 1.807) is 0 Å². The van der Waals surface area contributed by atoms with Crippen molar-refractivity contribution in [1.82, 2.24) is 4.90 Å². The normalized spacial score (nSPS) is 23.7. The van der Waals surface area contributed by atoms with Crippen molar-refractivity contribution in [2.24, 2.45) is 11.8 Å². The molecule has 29 heavy (non-hydrogen) atoms. The number of hydrogen-bond donors (Lipinski definition) is 1. The van der Waals surface area contributed by atoms with Crippen molar-refractivity contribution >= 4 is 12.4 Å². The largest absolute Gasteiger partial charge is 0.494 e. The third-order valence-corrected chi connectivity index (χ3v) is 6.68. The maximum absolute atomic E-state index is 11.9. The fraction of sp³-hybridized carbons (Fsp3) is 0.520. The van der Waals surface area contributed by atoms with Crippen LogP contribution in [-0.4, -0.2) is 36.2 Å². The van der Waals surface area contributed by atoms with Crippen LogP contribution in [0, 0.1) is 11.8 Å². The van der Waals surface area contributed by atoms with Crippen LogP contribution in [-0.2, 0) is 5.60 Å². The van der Waals surface area contributed by atoms with E-state index < -0.39 is 5.60 Å². The molecule has 0 radical (unpaired) electrons. The second kappa shape index (κ2) is 9.97. The molecule has 4 heteroatoms. The van der Waals surface area contributed by atoms with Crippen LogP contribution in [0.15, 0.2) is 54.6 Å². The van der Waals surface area contributed by atoms with Gasteiger partial charge in [0.25, 0.3) is 0 Å². The molecular formula is C25H34ClNO2. The van der Waals surface area contributed by atoms with Gasteiger partial charge in [-0.1, -0.05) is 42.5 Å². The number of benzene rings is 2. The minimum Gasteiger partial charge on any atom is -0.494 e. The summed E-state index contributed by atoms with van der Waals surface area (Å²) in [6.45, 7) is 5.98. The van der Waals surface area contributed by atoms with Gasteiger partial charge in [-0.2, -0.15) is 0 Å². The minimum atomic E-state index is -0.975. The van der Waals surface area contributed by atoms with Crippen molar-refractivity contribution in [1.29, 1.82) is 0 Å². The van der Waals surface area contributed by atoms with Crippen LogP contribution < -0.4 is 4.74 Å². The molecular weight excluding hydrogens is 382 g/mol. The zero-order valence-corrected chi connectivity index (χ0v) is 18.2. The summed E-state index contributed by atoms with van der Waals surface area (Å²) in [5.74, 6) is 2.56. The first kappa shape index (κ1) is 22.1. The topological polar surface area (TPSA) is 32.7 Å². The van der Waals surface area contributed by atoms with Crippen molar-refractivity contribution in [3.05, 3.63) is 65.7 Å². The first-order chi connectivity index (χ1) is 13.7. The van der Waals surface area contributed by atoms with Crippen LogP contribution in [0.5, 0.6) is 5.75 Å². The summed E-state index contributed by atoms with van der Waals surface area (Å²) in [5.41, 5.74) is 0.939. The number of halogens is 1. The fourth-order valence-electron chi connectivity index (χ4n) is 5.07. The third kappa shape index (κ3) is 5.14. The molecule has 0 spiro atoms. The van der Waals surface area contributed by atoms with Crippen LogP contribution in [0.2, 0.25) is 0 Å². The lowest BCUT2D eigenvalue weighted by Crippen LogP contribution is -2.36. The average Bonchev–Trinajstić information content (AvgIpc) is 3.07. The first-order valence-corrected chi connectivity index (χ1v) is 10.9. The zero-order valence-electron chi connectivity index (χ0n) is 17.4. The molecule has 1 N–H and O–H groups in total. The highest BCUT2D eigenvalue weighted by molar-refractivity contribution is 5.85. The quantitative estimate of drug-likeness (QED) is 0.669. The molecule has 0 aromatic heterocycles. The molecule has 0 amide bonds. The van der Waals surface area contributed by atoms with Gasteiger partial charge in [-0.15, -0.1) is 12.4 Å². The van der Waals surface area contributed by atoms with Gasteiger partial charge >= 0.3 is 0 Å². The van der Waals surface area contributed by atoms with Gasteiger partial charge in [-0.25, -0.2) is 0 Å². The van der Waals surface area contributed by atoms with E-state index in [9.17, 15) is 5.11 Å². The number of fused-ring (bicyclic) bond motifs is 4. The first-order valence-electron chi connectivity index (χ1n) is 10.9. The fourth-order valence-corrected chi connectivity index (χ4v) is 5.07. The Labute approximate surface area is 181 Å². The predicted molar refractivity (Wildman–Crippen MR) is 121 cm³/mol. The summed E-state index contributed by atoms with van der Waals surface area (Å²) >= 11 is 0. The average molecular weight is 416 g/mol. The summed E-state index contributed by atoms with van der Waals surface area (Å²) in [5, 5.41) is 11.9. The van der Waals surface area contributed by atoms with Crippen molar-refractivity contribution in [2.45, 2.75) is 44.6 Å². The number of ether oxygens (including phenoxy) is 1. The molecule has 158 valence electrons. The highest BCUT2D eigenvalue weighted by atomic mass is 35.5. The van der Waals surface area contributed by atoms with E-state index in [0.29, 0.717) is 13.0 Å². The lowest BCUT2D eigenvalue weighted by atomic mass is 9.83. The molecule has 2 saturated heterocycles. The number of rotatable bonds is 7. The van der Waals surface area contributed by atoms with E-state index >= 15 is 0 Å². The van der Waals surface area contributed by atoms with E-state index in [2.05, 4.69) is 4.90 Å². The summed E-state index contributed by atoms with van der Waals surface area (Å²) in [6.07, 6.45) is 6.28. The Morgan fingerprint density at radius 3 is 2.00 bits per heavy atom. The molecule has 1 unspecified atom stereocenters.